The maximum atomic E-state index is 13.5. The van der Waals surface area contributed by atoms with Crippen LogP contribution in [0.5, 0.6) is 11.5 Å². The summed E-state index contributed by atoms with van der Waals surface area (Å²) >= 11 is 0. The van der Waals surface area contributed by atoms with Gasteiger partial charge in [0.2, 0.25) is 0 Å². The topological polar surface area (TPSA) is 69.0 Å². The molecule has 0 unspecified atom stereocenters. The number of carbonyl (C=O) groups excluding carboxylic acids is 1. The SMILES string of the molecule is COc1ccc(OC)c(C(=O)N2CCC[C@@H]2c2ccnc3cc(C(C)(C)C)nn23)c1. The molecule has 1 aromatic carbocycles. The summed E-state index contributed by atoms with van der Waals surface area (Å²) in [5, 5.41) is 4.83. The van der Waals surface area contributed by atoms with Crippen molar-refractivity contribution < 1.29 is 14.3 Å². The summed E-state index contributed by atoms with van der Waals surface area (Å²) < 4.78 is 12.7. The number of methoxy groups -OCH3 is 2. The number of hydrogen-bond acceptors (Lipinski definition) is 5. The Hall–Kier alpha value is -3.09. The molecule has 7 heteroatoms. The molecule has 0 N–H and O–H groups in total. The third-order valence-corrected chi connectivity index (χ3v) is 5.65. The molecule has 0 aliphatic carbocycles. The fourth-order valence-electron chi connectivity index (χ4n) is 3.99. The van der Waals surface area contributed by atoms with E-state index in [1.165, 1.54) is 0 Å². The highest BCUT2D eigenvalue weighted by Gasteiger charge is 2.34. The number of aromatic nitrogens is 3. The molecule has 3 heterocycles. The van der Waals surface area contributed by atoms with Crippen molar-refractivity contribution in [3.63, 3.8) is 0 Å². The van der Waals surface area contributed by atoms with Gasteiger partial charge in [0.15, 0.2) is 5.65 Å². The number of ether oxygens (including phenoxy) is 2. The smallest absolute Gasteiger partial charge is 0.258 e. The molecule has 1 aliphatic heterocycles. The molecule has 1 saturated heterocycles. The predicted molar refractivity (Wildman–Crippen MR) is 114 cm³/mol. The van der Waals surface area contributed by atoms with Crippen molar-refractivity contribution in [3.05, 3.63) is 53.5 Å². The first-order chi connectivity index (χ1) is 14.3. The highest BCUT2D eigenvalue weighted by molar-refractivity contribution is 5.97. The molecule has 1 fully saturated rings. The summed E-state index contributed by atoms with van der Waals surface area (Å²) in [4.78, 5) is 19.9. The Morgan fingerprint density at radius 1 is 1.13 bits per heavy atom. The van der Waals surface area contributed by atoms with Crippen molar-refractivity contribution >= 4 is 11.6 Å². The average molecular weight is 409 g/mol. The van der Waals surface area contributed by atoms with Crippen LogP contribution in [0.3, 0.4) is 0 Å². The van der Waals surface area contributed by atoms with Crippen molar-refractivity contribution in [2.45, 2.75) is 45.1 Å². The van der Waals surface area contributed by atoms with Gasteiger partial charge in [-0.3, -0.25) is 4.79 Å². The van der Waals surface area contributed by atoms with Crippen molar-refractivity contribution in [2.24, 2.45) is 0 Å². The van der Waals surface area contributed by atoms with Crippen molar-refractivity contribution in [1.29, 1.82) is 0 Å². The van der Waals surface area contributed by atoms with Crippen LogP contribution in [0.4, 0.5) is 0 Å². The Kier molecular flexibility index (Phi) is 5.13. The zero-order valence-corrected chi connectivity index (χ0v) is 18.2. The van der Waals surface area contributed by atoms with E-state index in [1.54, 1.807) is 38.6 Å². The zero-order valence-electron chi connectivity index (χ0n) is 18.2. The van der Waals surface area contributed by atoms with E-state index in [-0.39, 0.29) is 17.4 Å². The molecule has 0 bridgehead atoms. The average Bonchev–Trinajstić information content (AvgIpc) is 3.39. The van der Waals surface area contributed by atoms with Crippen molar-refractivity contribution in [2.75, 3.05) is 20.8 Å². The normalized spacial score (nSPS) is 16.8. The zero-order chi connectivity index (χ0) is 21.5. The van der Waals surface area contributed by atoms with Crippen molar-refractivity contribution in [3.8, 4) is 11.5 Å². The van der Waals surface area contributed by atoms with Gasteiger partial charge < -0.3 is 14.4 Å². The molecule has 0 saturated carbocycles. The van der Waals surface area contributed by atoms with E-state index in [9.17, 15) is 4.79 Å². The highest BCUT2D eigenvalue weighted by atomic mass is 16.5. The summed E-state index contributed by atoms with van der Waals surface area (Å²) in [6.07, 6.45) is 3.60. The van der Waals surface area contributed by atoms with Crippen LogP contribution in [-0.4, -0.2) is 46.2 Å². The minimum absolute atomic E-state index is 0.0681. The first-order valence-electron chi connectivity index (χ1n) is 10.2. The molecular formula is C23H28N4O3. The molecular weight excluding hydrogens is 380 g/mol. The molecule has 0 spiro atoms. The van der Waals surface area contributed by atoms with Gasteiger partial charge in [0, 0.05) is 24.2 Å². The number of likely N-dealkylation sites (tertiary alicyclic amines) is 1. The van der Waals surface area contributed by atoms with Crippen molar-refractivity contribution in [1.82, 2.24) is 19.5 Å². The van der Waals surface area contributed by atoms with Crippen LogP contribution >= 0.6 is 0 Å². The van der Waals surface area contributed by atoms with Crippen LogP contribution in [0, 0.1) is 0 Å². The molecule has 0 radical (unpaired) electrons. The summed E-state index contributed by atoms with van der Waals surface area (Å²) in [7, 11) is 3.16. The Bertz CT molecular complexity index is 1080. The van der Waals surface area contributed by atoms with Crippen LogP contribution in [0.2, 0.25) is 0 Å². The number of benzene rings is 1. The van der Waals surface area contributed by atoms with E-state index >= 15 is 0 Å². The first kappa shape index (κ1) is 20.2. The molecule has 1 aliphatic rings. The molecule has 3 aromatic rings. The second kappa shape index (κ2) is 7.63. The lowest BCUT2D eigenvalue weighted by Crippen LogP contribution is -2.32. The quantitative estimate of drug-likeness (QED) is 0.652. The molecule has 30 heavy (non-hydrogen) atoms. The Morgan fingerprint density at radius 3 is 2.63 bits per heavy atom. The highest BCUT2D eigenvalue weighted by Crippen LogP contribution is 2.36. The van der Waals surface area contributed by atoms with Crippen LogP contribution in [0.15, 0.2) is 36.5 Å². The number of nitrogens with zero attached hydrogens (tertiary/aromatic N) is 4. The Balaban J connectivity index is 1.75. The number of rotatable bonds is 4. The van der Waals surface area contributed by atoms with Gasteiger partial charge in [0.1, 0.15) is 11.5 Å². The maximum absolute atomic E-state index is 13.5. The Labute approximate surface area is 176 Å². The van der Waals surface area contributed by atoms with Crippen LogP contribution in [0.1, 0.15) is 61.4 Å². The summed E-state index contributed by atoms with van der Waals surface area (Å²) in [5.74, 6) is 1.10. The third-order valence-electron chi connectivity index (χ3n) is 5.65. The van der Waals surface area contributed by atoms with Gasteiger partial charge in [0.05, 0.1) is 37.2 Å². The predicted octanol–water partition coefficient (Wildman–Crippen LogP) is 4.02. The van der Waals surface area contributed by atoms with E-state index in [2.05, 4.69) is 25.8 Å². The third kappa shape index (κ3) is 3.49. The van der Waals surface area contributed by atoms with Gasteiger partial charge in [0.25, 0.3) is 5.91 Å². The molecule has 1 atom stereocenters. The minimum Gasteiger partial charge on any atom is -0.497 e. The van der Waals surface area contributed by atoms with E-state index in [0.717, 1.165) is 29.9 Å². The summed E-state index contributed by atoms with van der Waals surface area (Å²) in [6.45, 7) is 7.08. The Morgan fingerprint density at radius 2 is 1.93 bits per heavy atom. The van der Waals surface area contributed by atoms with E-state index in [0.29, 0.717) is 23.6 Å². The first-order valence-corrected chi connectivity index (χ1v) is 10.2. The number of fused-ring (bicyclic) bond motifs is 1. The monoisotopic (exact) mass is 408 g/mol. The summed E-state index contributed by atoms with van der Waals surface area (Å²) in [5.41, 5.74) is 3.18. The van der Waals surface area contributed by atoms with Gasteiger partial charge in [-0.25, -0.2) is 9.50 Å². The van der Waals surface area contributed by atoms with Gasteiger partial charge in [-0.1, -0.05) is 20.8 Å². The van der Waals surface area contributed by atoms with Gasteiger partial charge in [-0.2, -0.15) is 5.10 Å². The fraction of sp³-hybridized carbons (Fsp3) is 0.435. The number of hydrogen-bond donors (Lipinski definition) is 0. The molecule has 2 aromatic heterocycles. The van der Waals surface area contributed by atoms with E-state index in [1.807, 2.05) is 21.5 Å². The second-order valence-corrected chi connectivity index (χ2v) is 8.64. The standard InChI is InChI=1S/C23H28N4O3/c1-23(2,3)20-14-21-24-11-10-18(27(21)25-20)17-7-6-12-26(17)22(28)16-13-15(29-4)8-9-19(16)30-5/h8-11,13-14,17H,6-7,12H2,1-5H3/t17-/m1/s1. The molecule has 1 amide bonds. The summed E-state index contributed by atoms with van der Waals surface area (Å²) in [6, 6.07) is 9.21. The maximum Gasteiger partial charge on any atom is 0.258 e. The molecule has 4 rings (SSSR count). The lowest BCUT2D eigenvalue weighted by Gasteiger charge is -2.26. The second-order valence-electron chi connectivity index (χ2n) is 8.64. The lowest BCUT2D eigenvalue weighted by molar-refractivity contribution is 0.0727. The largest absolute Gasteiger partial charge is 0.497 e. The molecule has 158 valence electrons. The van der Waals surface area contributed by atoms with Gasteiger partial charge in [-0.05, 0) is 37.1 Å². The fourth-order valence-corrected chi connectivity index (χ4v) is 3.99. The molecule has 7 nitrogen and oxygen atoms in total. The van der Waals surface area contributed by atoms with Crippen LogP contribution in [0.25, 0.3) is 5.65 Å². The lowest BCUT2D eigenvalue weighted by atomic mass is 9.93. The van der Waals surface area contributed by atoms with Gasteiger partial charge in [-0.15, -0.1) is 0 Å². The minimum atomic E-state index is -0.0793. The van der Waals surface area contributed by atoms with Crippen LogP contribution < -0.4 is 9.47 Å². The van der Waals surface area contributed by atoms with E-state index in [4.69, 9.17) is 14.6 Å². The number of amides is 1. The van der Waals surface area contributed by atoms with Gasteiger partial charge >= 0.3 is 0 Å². The van der Waals surface area contributed by atoms with E-state index < -0.39 is 0 Å². The number of carbonyl (C=O) groups is 1. The van der Waals surface area contributed by atoms with Crippen LogP contribution in [-0.2, 0) is 5.41 Å².